The molecule has 0 saturated carbocycles. The molecule has 25 heavy (non-hydrogen) atoms. The van der Waals surface area contributed by atoms with Crippen LogP contribution in [0.25, 0.3) is 0 Å². The topological polar surface area (TPSA) is 62.3 Å². The fraction of sp³-hybridized carbons (Fsp3) is 0.421. The zero-order valence-electron chi connectivity index (χ0n) is 14.6. The summed E-state index contributed by atoms with van der Waals surface area (Å²) in [6.45, 7) is 4.35. The molecule has 134 valence electrons. The molecular weight excluding hydrogens is 334 g/mol. The van der Waals surface area contributed by atoms with Crippen LogP contribution in [0.15, 0.2) is 48.7 Å². The molecule has 3 rings (SSSR count). The van der Waals surface area contributed by atoms with Crippen LogP contribution in [0.5, 0.6) is 0 Å². The molecule has 0 amide bonds. The van der Waals surface area contributed by atoms with Gasteiger partial charge in [0.05, 0.1) is 17.6 Å². The maximum atomic E-state index is 12.2. The van der Waals surface area contributed by atoms with Crippen molar-refractivity contribution < 1.29 is 8.42 Å². The third-order valence-electron chi connectivity index (χ3n) is 4.66. The van der Waals surface area contributed by atoms with Crippen LogP contribution in [0.4, 0.5) is 11.5 Å². The van der Waals surface area contributed by atoms with Crippen molar-refractivity contribution in [2.45, 2.75) is 26.2 Å². The van der Waals surface area contributed by atoms with E-state index < -0.39 is 10.0 Å². The minimum Gasteiger partial charge on any atom is -0.370 e. The number of benzene rings is 1. The predicted molar refractivity (Wildman–Crippen MR) is 102 cm³/mol. The van der Waals surface area contributed by atoms with Gasteiger partial charge in [-0.05, 0) is 42.9 Å². The van der Waals surface area contributed by atoms with Crippen LogP contribution in [0, 0.1) is 5.92 Å². The Hall–Kier alpha value is -2.08. The molecule has 1 fully saturated rings. The number of nitrogens with one attached hydrogen (secondary N) is 1. The van der Waals surface area contributed by atoms with Gasteiger partial charge >= 0.3 is 0 Å². The summed E-state index contributed by atoms with van der Waals surface area (Å²) in [4.78, 5) is 6.59. The molecule has 0 unspecified atom stereocenters. The van der Waals surface area contributed by atoms with Crippen molar-refractivity contribution in [2.75, 3.05) is 28.5 Å². The largest absolute Gasteiger partial charge is 0.370 e. The normalized spacial score (nSPS) is 16.0. The summed E-state index contributed by atoms with van der Waals surface area (Å²) >= 11 is 0. The number of pyridine rings is 1. The fourth-order valence-electron chi connectivity index (χ4n) is 3.01. The minimum absolute atomic E-state index is 0.0461. The van der Waals surface area contributed by atoms with Gasteiger partial charge in [-0.1, -0.05) is 37.3 Å². The maximum absolute atomic E-state index is 12.2. The van der Waals surface area contributed by atoms with Crippen LogP contribution in [-0.2, 0) is 16.4 Å². The maximum Gasteiger partial charge on any atom is 0.234 e. The van der Waals surface area contributed by atoms with Gasteiger partial charge in [0.15, 0.2) is 0 Å². The van der Waals surface area contributed by atoms with Gasteiger partial charge < -0.3 is 4.90 Å². The Bertz CT molecular complexity index is 768. The highest BCUT2D eigenvalue weighted by atomic mass is 32.2. The Kier molecular flexibility index (Phi) is 5.58. The summed E-state index contributed by atoms with van der Waals surface area (Å²) in [6.07, 6.45) is 4.62. The number of piperidine rings is 1. The number of nitrogens with zero attached hydrogens (tertiary/aromatic N) is 2. The fourth-order valence-corrected chi connectivity index (χ4v) is 4.05. The second-order valence-electron chi connectivity index (χ2n) is 6.73. The summed E-state index contributed by atoms with van der Waals surface area (Å²) in [5, 5.41) is 0. The molecule has 0 bridgehead atoms. The monoisotopic (exact) mass is 359 g/mol. The Balaban J connectivity index is 1.57. The molecule has 1 saturated heterocycles. The first-order chi connectivity index (χ1) is 12.0. The molecule has 0 spiro atoms. The van der Waals surface area contributed by atoms with E-state index in [0.717, 1.165) is 30.3 Å². The Morgan fingerprint density at radius 2 is 1.84 bits per heavy atom. The zero-order chi connectivity index (χ0) is 17.7. The molecule has 1 N–H and O–H groups in total. The molecule has 0 radical (unpaired) electrons. The van der Waals surface area contributed by atoms with E-state index in [-0.39, 0.29) is 5.75 Å². The van der Waals surface area contributed by atoms with Gasteiger partial charge in [-0.2, -0.15) is 0 Å². The third kappa shape index (κ3) is 5.19. The lowest BCUT2D eigenvalue weighted by Gasteiger charge is -2.31. The van der Waals surface area contributed by atoms with Gasteiger partial charge in [-0.25, -0.2) is 13.4 Å². The SMILES string of the molecule is CC1CCN(c2ccc(NS(=O)(=O)CCc3ccccc3)nc2)CC1. The van der Waals surface area contributed by atoms with Crippen molar-refractivity contribution in [1.29, 1.82) is 0 Å². The first kappa shape index (κ1) is 17.7. The number of aryl methyl sites for hydroxylation is 1. The van der Waals surface area contributed by atoms with Crippen molar-refractivity contribution in [2.24, 2.45) is 5.92 Å². The molecular formula is C19H25N3O2S. The van der Waals surface area contributed by atoms with E-state index in [1.54, 1.807) is 12.3 Å². The Morgan fingerprint density at radius 3 is 2.48 bits per heavy atom. The Morgan fingerprint density at radius 1 is 1.12 bits per heavy atom. The van der Waals surface area contributed by atoms with Gasteiger partial charge in [0.2, 0.25) is 10.0 Å². The van der Waals surface area contributed by atoms with E-state index in [4.69, 9.17) is 0 Å². The molecule has 6 heteroatoms. The molecule has 1 aromatic heterocycles. The highest BCUT2D eigenvalue weighted by Gasteiger charge is 2.17. The van der Waals surface area contributed by atoms with Crippen molar-refractivity contribution in [3.05, 3.63) is 54.2 Å². The molecule has 1 aliphatic rings. The molecule has 1 aliphatic heterocycles. The smallest absolute Gasteiger partial charge is 0.234 e. The summed E-state index contributed by atoms with van der Waals surface area (Å²) in [5.41, 5.74) is 2.06. The molecule has 0 aliphatic carbocycles. The van der Waals surface area contributed by atoms with E-state index >= 15 is 0 Å². The van der Waals surface area contributed by atoms with Gasteiger partial charge in [-0.15, -0.1) is 0 Å². The Labute approximate surface area is 150 Å². The number of sulfonamides is 1. The van der Waals surface area contributed by atoms with Crippen molar-refractivity contribution in [3.63, 3.8) is 0 Å². The summed E-state index contributed by atoms with van der Waals surface area (Å²) in [7, 11) is -3.40. The average Bonchev–Trinajstić information content (AvgIpc) is 2.62. The van der Waals surface area contributed by atoms with E-state index in [0.29, 0.717) is 12.2 Å². The third-order valence-corrected chi connectivity index (χ3v) is 5.92. The van der Waals surface area contributed by atoms with Crippen LogP contribution < -0.4 is 9.62 Å². The molecule has 5 nitrogen and oxygen atoms in total. The van der Waals surface area contributed by atoms with Gasteiger partial charge in [0.1, 0.15) is 5.82 Å². The van der Waals surface area contributed by atoms with Crippen LogP contribution >= 0.6 is 0 Å². The lowest BCUT2D eigenvalue weighted by molar-refractivity contribution is 0.438. The molecule has 2 heterocycles. The van der Waals surface area contributed by atoms with Crippen molar-refractivity contribution in [1.82, 2.24) is 4.98 Å². The van der Waals surface area contributed by atoms with Crippen molar-refractivity contribution >= 4 is 21.5 Å². The standard InChI is InChI=1S/C19H25N3O2S/c1-16-9-12-22(13-10-16)18-7-8-19(20-15-18)21-25(23,24)14-11-17-5-3-2-4-6-17/h2-8,15-16H,9-14H2,1H3,(H,20,21). The molecule has 0 atom stereocenters. The summed E-state index contributed by atoms with van der Waals surface area (Å²) in [6, 6.07) is 13.3. The number of hydrogen-bond donors (Lipinski definition) is 1. The predicted octanol–water partition coefficient (Wildman–Crippen LogP) is 3.30. The average molecular weight is 359 g/mol. The lowest BCUT2D eigenvalue weighted by Crippen LogP contribution is -2.32. The first-order valence-electron chi connectivity index (χ1n) is 8.77. The lowest BCUT2D eigenvalue weighted by atomic mass is 9.99. The van der Waals surface area contributed by atoms with Gasteiger partial charge in [0.25, 0.3) is 0 Å². The van der Waals surface area contributed by atoms with Crippen LogP contribution in [-0.4, -0.2) is 32.2 Å². The van der Waals surface area contributed by atoms with Gasteiger partial charge in [0, 0.05) is 13.1 Å². The highest BCUT2D eigenvalue weighted by molar-refractivity contribution is 7.92. The van der Waals surface area contributed by atoms with Gasteiger partial charge in [-0.3, -0.25) is 4.72 Å². The van der Waals surface area contributed by atoms with Crippen LogP contribution in [0.1, 0.15) is 25.3 Å². The molecule has 1 aromatic carbocycles. The quantitative estimate of drug-likeness (QED) is 0.860. The first-order valence-corrected chi connectivity index (χ1v) is 10.4. The highest BCUT2D eigenvalue weighted by Crippen LogP contribution is 2.23. The van der Waals surface area contributed by atoms with E-state index in [9.17, 15) is 8.42 Å². The summed E-state index contributed by atoms with van der Waals surface area (Å²) < 4.78 is 27.0. The number of aromatic nitrogens is 1. The van der Waals surface area contributed by atoms with E-state index in [1.165, 1.54) is 12.8 Å². The van der Waals surface area contributed by atoms with Crippen LogP contribution in [0.2, 0.25) is 0 Å². The minimum atomic E-state index is -3.40. The second-order valence-corrected chi connectivity index (χ2v) is 8.57. The van der Waals surface area contributed by atoms with Crippen molar-refractivity contribution in [3.8, 4) is 0 Å². The number of anilines is 2. The van der Waals surface area contributed by atoms with Crippen LogP contribution in [0.3, 0.4) is 0 Å². The van der Waals surface area contributed by atoms with E-state index in [1.807, 2.05) is 36.4 Å². The summed E-state index contributed by atoms with van der Waals surface area (Å²) in [5.74, 6) is 1.20. The van der Waals surface area contributed by atoms with E-state index in [2.05, 4.69) is 21.5 Å². The molecule has 2 aromatic rings. The second kappa shape index (κ2) is 7.87. The number of rotatable bonds is 6. The zero-order valence-corrected chi connectivity index (χ0v) is 15.4. The number of hydrogen-bond acceptors (Lipinski definition) is 4.